The summed E-state index contributed by atoms with van der Waals surface area (Å²) in [4.78, 5) is 12.1. The Labute approximate surface area is 129 Å². The molecule has 0 fully saturated rings. The van der Waals surface area contributed by atoms with Crippen molar-refractivity contribution in [1.82, 2.24) is 5.32 Å². The predicted octanol–water partition coefficient (Wildman–Crippen LogP) is 3.77. The van der Waals surface area contributed by atoms with Crippen molar-refractivity contribution in [3.63, 3.8) is 0 Å². The number of hydrogen-bond donors (Lipinski definition) is 1. The maximum atomic E-state index is 12.1. The molecule has 0 bridgehead atoms. The zero-order chi connectivity index (χ0) is 15.2. The van der Waals surface area contributed by atoms with Crippen LogP contribution in [0.1, 0.15) is 24.1 Å². The van der Waals surface area contributed by atoms with Gasteiger partial charge >= 0.3 is 0 Å². The monoisotopic (exact) mass is 303 g/mol. The molecule has 21 heavy (non-hydrogen) atoms. The van der Waals surface area contributed by atoms with Crippen LogP contribution in [0, 0.1) is 0 Å². The van der Waals surface area contributed by atoms with Crippen molar-refractivity contribution in [3.05, 3.63) is 64.7 Å². The van der Waals surface area contributed by atoms with Crippen LogP contribution < -0.4 is 10.1 Å². The van der Waals surface area contributed by atoms with E-state index in [0.717, 1.165) is 16.9 Å². The summed E-state index contributed by atoms with van der Waals surface area (Å²) in [7, 11) is 1.61. The summed E-state index contributed by atoms with van der Waals surface area (Å²) in [5.74, 6) is 0.733. The van der Waals surface area contributed by atoms with Crippen LogP contribution in [-0.4, -0.2) is 13.0 Å². The molecular weight excluding hydrogens is 286 g/mol. The van der Waals surface area contributed by atoms with E-state index in [4.69, 9.17) is 16.3 Å². The fraction of sp³-hybridized carbons (Fsp3) is 0.235. The lowest BCUT2D eigenvalue weighted by Crippen LogP contribution is -2.28. The highest BCUT2D eigenvalue weighted by Gasteiger charge is 2.10. The predicted molar refractivity (Wildman–Crippen MR) is 84.7 cm³/mol. The molecule has 1 atom stereocenters. The second kappa shape index (κ2) is 7.14. The average Bonchev–Trinajstić information content (AvgIpc) is 2.47. The molecule has 0 radical (unpaired) electrons. The number of benzene rings is 2. The number of methoxy groups -OCH3 is 1. The van der Waals surface area contributed by atoms with E-state index < -0.39 is 0 Å². The first-order valence-electron chi connectivity index (χ1n) is 6.76. The molecule has 0 aliphatic rings. The van der Waals surface area contributed by atoms with Crippen molar-refractivity contribution < 1.29 is 9.53 Å². The van der Waals surface area contributed by atoms with Crippen LogP contribution in [0.3, 0.4) is 0 Å². The van der Waals surface area contributed by atoms with Gasteiger partial charge in [-0.25, -0.2) is 0 Å². The normalized spacial score (nSPS) is 11.8. The van der Waals surface area contributed by atoms with Gasteiger partial charge < -0.3 is 10.1 Å². The van der Waals surface area contributed by atoms with Gasteiger partial charge in [0.05, 0.1) is 19.6 Å². The molecule has 2 aromatic carbocycles. The van der Waals surface area contributed by atoms with Gasteiger partial charge in [0.1, 0.15) is 5.75 Å². The summed E-state index contributed by atoms with van der Waals surface area (Å²) in [5.41, 5.74) is 1.95. The molecule has 2 rings (SSSR count). The smallest absolute Gasteiger partial charge is 0.224 e. The van der Waals surface area contributed by atoms with E-state index in [1.165, 1.54) is 0 Å². The van der Waals surface area contributed by atoms with Gasteiger partial charge in [-0.05, 0) is 42.3 Å². The average molecular weight is 304 g/mol. The van der Waals surface area contributed by atoms with Crippen LogP contribution in [0.15, 0.2) is 48.5 Å². The molecule has 0 saturated carbocycles. The molecule has 0 unspecified atom stereocenters. The Morgan fingerprint density at radius 2 is 1.95 bits per heavy atom. The van der Waals surface area contributed by atoms with E-state index in [-0.39, 0.29) is 11.9 Å². The summed E-state index contributed by atoms with van der Waals surface area (Å²) < 4.78 is 5.15. The molecule has 0 saturated heterocycles. The first-order valence-corrected chi connectivity index (χ1v) is 7.14. The van der Waals surface area contributed by atoms with E-state index in [0.29, 0.717) is 11.4 Å². The molecule has 1 N–H and O–H groups in total. The molecule has 0 heterocycles. The lowest BCUT2D eigenvalue weighted by molar-refractivity contribution is -0.121. The van der Waals surface area contributed by atoms with Crippen molar-refractivity contribution in [2.45, 2.75) is 19.4 Å². The molecule has 2 aromatic rings. The van der Waals surface area contributed by atoms with Crippen LogP contribution in [0.4, 0.5) is 0 Å². The number of ether oxygens (including phenoxy) is 1. The van der Waals surface area contributed by atoms with Crippen LogP contribution in [0.25, 0.3) is 0 Å². The van der Waals surface area contributed by atoms with Gasteiger partial charge in [-0.1, -0.05) is 35.9 Å². The number of nitrogens with one attached hydrogen (secondary N) is 1. The third kappa shape index (κ3) is 4.50. The highest BCUT2D eigenvalue weighted by atomic mass is 35.5. The lowest BCUT2D eigenvalue weighted by Gasteiger charge is -2.14. The maximum Gasteiger partial charge on any atom is 0.224 e. The minimum absolute atomic E-state index is 0.0225. The number of halogens is 1. The summed E-state index contributed by atoms with van der Waals surface area (Å²) in [5, 5.41) is 3.67. The van der Waals surface area contributed by atoms with Gasteiger partial charge in [-0.2, -0.15) is 0 Å². The van der Waals surface area contributed by atoms with Crippen molar-refractivity contribution >= 4 is 17.5 Å². The standard InChI is InChI=1S/C17H18ClNO2/c1-12(14-6-8-15(18)9-7-14)19-17(20)11-13-4-3-5-16(10-13)21-2/h3-10,12H,11H2,1-2H3,(H,19,20)/t12-/m1/s1. The van der Waals surface area contributed by atoms with Crippen LogP contribution >= 0.6 is 11.6 Å². The summed E-state index contributed by atoms with van der Waals surface area (Å²) in [6, 6.07) is 14.9. The molecule has 0 spiro atoms. The number of hydrogen-bond acceptors (Lipinski definition) is 2. The molecule has 4 heteroatoms. The number of carbonyl (C=O) groups excluding carboxylic acids is 1. The van der Waals surface area contributed by atoms with Crippen LogP contribution in [0.5, 0.6) is 5.75 Å². The Bertz CT molecular complexity index is 610. The summed E-state index contributed by atoms with van der Waals surface area (Å²) in [6.07, 6.45) is 0.329. The molecule has 0 aromatic heterocycles. The SMILES string of the molecule is COc1cccc(CC(=O)N[C@H](C)c2ccc(Cl)cc2)c1. The Balaban J connectivity index is 1.96. The second-order valence-electron chi connectivity index (χ2n) is 4.87. The fourth-order valence-electron chi connectivity index (χ4n) is 2.10. The highest BCUT2D eigenvalue weighted by molar-refractivity contribution is 6.30. The Morgan fingerprint density at radius 3 is 2.62 bits per heavy atom. The minimum Gasteiger partial charge on any atom is -0.497 e. The second-order valence-corrected chi connectivity index (χ2v) is 5.31. The van der Waals surface area contributed by atoms with Crippen molar-refractivity contribution in [1.29, 1.82) is 0 Å². The quantitative estimate of drug-likeness (QED) is 0.913. The molecule has 0 aliphatic heterocycles. The van der Waals surface area contributed by atoms with Gasteiger partial charge in [0.2, 0.25) is 5.91 Å². The number of amides is 1. The first-order chi connectivity index (χ1) is 10.1. The van der Waals surface area contributed by atoms with Gasteiger partial charge in [0, 0.05) is 5.02 Å². The van der Waals surface area contributed by atoms with Crippen molar-refractivity contribution in [2.75, 3.05) is 7.11 Å². The van der Waals surface area contributed by atoms with Crippen molar-refractivity contribution in [3.8, 4) is 5.75 Å². The third-order valence-corrected chi connectivity index (χ3v) is 3.50. The van der Waals surface area contributed by atoms with Gasteiger partial charge in [0.15, 0.2) is 0 Å². The molecule has 1 amide bonds. The van der Waals surface area contributed by atoms with Crippen molar-refractivity contribution in [2.24, 2.45) is 0 Å². The number of carbonyl (C=O) groups is 1. The highest BCUT2D eigenvalue weighted by Crippen LogP contribution is 2.17. The first kappa shape index (κ1) is 15.4. The maximum absolute atomic E-state index is 12.1. The van der Waals surface area contributed by atoms with E-state index >= 15 is 0 Å². The summed E-state index contributed by atoms with van der Waals surface area (Å²) >= 11 is 5.86. The van der Waals surface area contributed by atoms with E-state index in [9.17, 15) is 4.79 Å². The zero-order valence-electron chi connectivity index (χ0n) is 12.1. The number of rotatable bonds is 5. The molecule has 110 valence electrons. The summed E-state index contributed by atoms with van der Waals surface area (Å²) in [6.45, 7) is 1.95. The Hall–Kier alpha value is -2.00. The fourth-order valence-corrected chi connectivity index (χ4v) is 2.22. The third-order valence-electron chi connectivity index (χ3n) is 3.25. The van der Waals surface area contributed by atoms with E-state index in [1.807, 2.05) is 55.5 Å². The Morgan fingerprint density at radius 1 is 1.24 bits per heavy atom. The van der Waals surface area contributed by atoms with E-state index in [1.54, 1.807) is 7.11 Å². The Kier molecular flexibility index (Phi) is 5.23. The van der Waals surface area contributed by atoms with Gasteiger partial charge in [-0.3, -0.25) is 4.79 Å². The lowest BCUT2D eigenvalue weighted by atomic mass is 10.1. The largest absolute Gasteiger partial charge is 0.497 e. The zero-order valence-corrected chi connectivity index (χ0v) is 12.9. The molecule has 3 nitrogen and oxygen atoms in total. The molecular formula is C17H18ClNO2. The minimum atomic E-state index is -0.0552. The van der Waals surface area contributed by atoms with Crippen LogP contribution in [0.2, 0.25) is 5.02 Å². The van der Waals surface area contributed by atoms with Crippen LogP contribution in [-0.2, 0) is 11.2 Å². The van der Waals surface area contributed by atoms with Gasteiger partial charge in [-0.15, -0.1) is 0 Å². The van der Waals surface area contributed by atoms with E-state index in [2.05, 4.69) is 5.32 Å². The topological polar surface area (TPSA) is 38.3 Å². The van der Waals surface area contributed by atoms with Gasteiger partial charge in [0.25, 0.3) is 0 Å². The molecule has 0 aliphatic carbocycles.